The fraction of sp³-hybridized carbons (Fsp3) is 0.395. The Balaban J connectivity index is 1.55. The number of aliphatic hydroxyl groups is 1. The van der Waals surface area contributed by atoms with Crippen molar-refractivity contribution in [2.75, 3.05) is 26.8 Å². The lowest BCUT2D eigenvalue weighted by atomic mass is 9.98. The van der Waals surface area contributed by atoms with Crippen LogP contribution >= 0.6 is 0 Å². The number of nitrogens with zero attached hydrogens (tertiary/aromatic N) is 4. The van der Waals surface area contributed by atoms with Gasteiger partial charge in [-0.1, -0.05) is 54.6 Å². The zero-order valence-electron chi connectivity index (χ0n) is 28.8. The van der Waals surface area contributed by atoms with E-state index in [0.717, 1.165) is 49.8 Å². The molecular weight excluding hydrogens is 608 g/mol. The van der Waals surface area contributed by atoms with E-state index >= 15 is 0 Å². The Bertz CT molecular complexity index is 1900. The first kappa shape index (κ1) is 34.5. The van der Waals surface area contributed by atoms with Crippen molar-refractivity contribution in [3.05, 3.63) is 83.3 Å². The molecule has 0 saturated carbocycles. The molecule has 48 heavy (non-hydrogen) atoms. The Labute approximate surface area is 281 Å². The van der Waals surface area contributed by atoms with Gasteiger partial charge in [0, 0.05) is 54.8 Å². The number of fused-ring (bicyclic) bond motifs is 2. The van der Waals surface area contributed by atoms with Crippen molar-refractivity contribution in [2.45, 2.75) is 66.2 Å². The summed E-state index contributed by atoms with van der Waals surface area (Å²) in [5, 5.41) is 17.9. The Kier molecular flexibility index (Phi) is 11.1. The molecule has 0 aliphatic rings. The largest absolute Gasteiger partial charge is 0.493 e. The van der Waals surface area contributed by atoms with Crippen LogP contribution in [0.4, 0.5) is 4.79 Å². The highest BCUT2D eigenvalue weighted by Crippen LogP contribution is 2.38. The molecule has 3 aromatic carbocycles. The molecule has 5 aromatic rings. The van der Waals surface area contributed by atoms with Crippen molar-refractivity contribution in [1.29, 1.82) is 0 Å². The topological polar surface area (TPSA) is 108 Å². The van der Waals surface area contributed by atoms with Crippen molar-refractivity contribution in [3.8, 4) is 16.9 Å². The number of rotatable bonds is 14. The van der Waals surface area contributed by atoms with E-state index < -0.39 is 5.97 Å². The van der Waals surface area contributed by atoms with Gasteiger partial charge in [-0.25, -0.2) is 9.59 Å². The second-order valence-corrected chi connectivity index (χ2v) is 12.2. The first-order chi connectivity index (χ1) is 23.2. The van der Waals surface area contributed by atoms with Crippen LogP contribution in [0.25, 0.3) is 32.8 Å². The highest BCUT2D eigenvalue weighted by atomic mass is 16.6. The van der Waals surface area contributed by atoms with E-state index in [1.807, 2.05) is 74.9 Å². The lowest BCUT2D eigenvalue weighted by Crippen LogP contribution is -2.31. The van der Waals surface area contributed by atoms with Gasteiger partial charge in [0.05, 0.1) is 37.1 Å². The minimum atomic E-state index is -0.400. The number of hydrogen-bond donors (Lipinski definition) is 1. The van der Waals surface area contributed by atoms with E-state index in [2.05, 4.69) is 23.3 Å². The summed E-state index contributed by atoms with van der Waals surface area (Å²) >= 11 is 0. The molecule has 0 aliphatic carbocycles. The lowest BCUT2D eigenvalue weighted by molar-refractivity contribution is 0.0511. The van der Waals surface area contributed by atoms with Gasteiger partial charge < -0.3 is 28.8 Å². The summed E-state index contributed by atoms with van der Waals surface area (Å²) in [5.74, 6) is 0.426. The van der Waals surface area contributed by atoms with E-state index in [1.54, 1.807) is 23.6 Å². The predicted molar refractivity (Wildman–Crippen MR) is 187 cm³/mol. The van der Waals surface area contributed by atoms with Crippen LogP contribution in [0, 0.1) is 6.92 Å². The van der Waals surface area contributed by atoms with Crippen LogP contribution in [0.1, 0.15) is 61.1 Å². The predicted octanol–water partition coefficient (Wildman–Crippen LogP) is 7.05. The van der Waals surface area contributed by atoms with Gasteiger partial charge in [-0.05, 0) is 64.0 Å². The van der Waals surface area contributed by atoms with Crippen molar-refractivity contribution in [1.82, 2.24) is 19.2 Å². The van der Waals surface area contributed by atoms with Gasteiger partial charge in [-0.3, -0.25) is 4.68 Å². The van der Waals surface area contributed by atoms with Gasteiger partial charge in [-0.15, -0.1) is 0 Å². The third kappa shape index (κ3) is 7.18. The fourth-order valence-electron chi connectivity index (χ4n) is 6.33. The van der Waals surface area contributed by atoms with Crippen molar-refractivity contribution in [2.24, 2.45) is 7.05 Å². The normalized spacial score (nSPS) is 11.4. The molecule has 2 aromatic heterocycles. The van der Waals surface area contributed by atoms with Gasteiger partial charge in [0.2, 0.25) is 0 Å². The number of aromatic nitrogens is 3. The van der Waals surface area contributed by atoms with Gasteiger partial charge in [0.15, 0.2) is 0 Å². The highest BCUT2D eigenvalue weighted by Gasteiger charge is 2.27. The molecule has 0 spiro atoms. The van der Waals surface area contributed by atoms with Crippen molar-refractivity contribution >= 4 is 33.7 Å². The highest BCUT2D eigenvalue weighted by molar-refractivity contribution is 6.05. The molecule has 254 valence electrons. The van der Waals surface area contributed by atoms with Gasteiger partial charge in [0.1, 0.15) is 11.4 Å². The Morgan fingerprint density at radius 1 is 1.00 bits per heavy atom. The summed E-state index contributed by atoms with van der Waals surface area (Å²) in [5.41, 5.74) is 5.41. The molecular formula is C38H46N4O6. The molecule has 0 unspecified atom stereocenters. The SMILES string of the molecule is CCOC(=O)c1c(CCCOc2cccc3ccccc23)c2cccc(-c3c(CO)nn(C)c3C)c2n1CCCN(C)C(=O)OC(C)C. The van der Waals surface area contributed by atoms with E-state index in [9.17, 15) is 14.7 Å². The van der Waals surface area contributed by atoms with Gasteiger partial charge in [0.25, 0.3) is 0 Å². The summed E-state index contributed by atoms with van der Waals surface area (Å²) in [4.78, 5) is 27.9. The quantitative estimate of drug-likeness (QED) is 0.101. The number of benzene rings is 3. The van der Waals surface area contributed by atoms with Gasteiger partial charge >= 0.3 is 12.1 Å². The molecule has 0 bridgehead atoms. The van der Waals surface area contributed by atoms with Crippen LogP contribution in [-0.2, 0) is 36.1 Å². The van der Waals surface area contributed by atoms with Crippen molar-refractivity contribution in [3.63, 3.8) is 0 Å². The smallest absolute Gasteiger partial charge is 0.409 e. The molecule has 0 saturated heterocycles. The van der Waals surface area contributed by atoms with Crippen LogP contribution < -0.4 is 4.74 Å². The number of esters is 1. The fourth-order valence-corrected chi connectivity index (χ4v) is 6.33. The minimum absolute atomic E-state index is 0.220. The molecule has 0 fully saturated rings. The molecule has 0 radical (unpaired) electrons. The number of carbonyl (C=O) groups is 2. The zero-order valence-corrected chi connectivity index (χ0v) is 28.8. The maximum absolute atomic E-state index is 13.8. The Morgan fingerprint density at radius 3 is 2.48 bits per heavy atom. The number of aliphatic hydroxyl groups excluding tert-OH is 1. The van der Waals surface area contributed by atoms with Crippen LogP contribution in [0.3, 0.4) is 0 Å². The summed E-state index contributed by atoms with van der Waals surface area (Å²) in [6, 6.07) is 20.2. The minimum Gasteiger partial charge on any atom is -0.493 e. The molecule has 2 heterocycles. The van der Waals surface area contributed by atoms with E-state index in [0.29, 0.717) is 50.3 Å². The maximum atomic E-state index is 13.8. The molecule has 5 rings (SSSR count). The second kappa shape index (κ2) is 15.4. The number of hydrogen-bond acceptors (Lipinski definition) is 7. The van der Waals surface area contributed by atoms with Crippen LogP contribution in [-0.4, -0.2) is 69.3 Å². The molecule has 10 heteroatoms. The third-order valence-electron chi connectivity index (χ3n) is 8.58. The standard InChI is InChI=1S/C38H46N4O6/c1-7-46-37(44)36-30(19-12-23-47-33-20-10-15-27-14-8-9-16-28(27)33)29-17-11-18-31(34-26(4)41(6)39-32(34)24-43)35(29)42(36)22-13-21-40(5)38(45)48-25(2)3/h8-11,14-18,20,25,43H,7,12-13,19,21-24H2,1-6H3. The van der Waals surface area contributed by atoms with Crippen LogP contribution in [0.5, 0.6) is 5.75 Å². The zero-order chi connectivity index (χ0) is 34.4. The van der Waals surface area contributed by atoms with Gasteiger partial charge in [-0.2, -0.15) is 5.10 Å². The molecule has 1 N–H and O–H groups in total. The number of amides is 1. The summed E-state index contributed by atoms with van der Waals surface area (Å²) < 4.78 is 21.1. The number of carbonyl (C=O) groups excluding carboxylic acids is 2. The third-order valence-corrected chi connectivity index (χ3v) is 8.58. The van der Waals surface area contributed by atoms with Crippen molar-refractivity contribution < 1.29 is 28.9 Å². The number of para-hydroxylation sites is 1. The second-order valence-electron chi connectivity index (χ2n) is 12.2. The molecule has 1 amide bonds. The van der Waals surface area contributed by atoms with E-state index in [-0.39, 0.29) is 25.4 Å². The van der Waals surface area contributed by atoms with E-state index in [4.69, 9.17) is 14.2 Å². The summed E-state index contributed by atoms with van der Waals surface area (Å²) in [6.07, 6.45) is 1.19. The average molecular weight is 655 g/mol. The average Bonchev–Trinajstić information content (AvgIpc) is 3.55. The summed E-state index contributed by atoms with van der Waals surface area (Å²) in [7, 11) is 3.57. The monoisotopic (exact) mass is 654 g/mol. The summed E-state index contributed by atoms with van der Waals surface area (Å²) in [6.45, 7) is 8.76. The Morgan fingerprint density at radius 2 is 1.73 bits per heavy atom. The first-order valence-corrected chi connectivity index (χ1v) is 16.6. The Hall–Kier alpha value is -4.83. The molecule has 0 aliphatic heterocycles. The van der Waals surface area contributed by atoms with E-state index in [1.165, 1.54) is 0 Å². The molecule has 10 nitrogen and oxygen atoms in total. The lowest BCUT2D eigenvalue weighted by Gasteiger charge is -2.19. The number of ether oxygens (including phenoxy) is 3. The molecule has 0 atom stereocenters. The number of aryl methyl sites for hydroxylation is 3. The first-order valence-electron chi connectivity index (χ1n) is 16.6. The maximum Gasteiger partial charge on any atom is 0.409 e. The van der Waals surface area contributed by atoms with Crippen LogP contribution in [0.2, 0.25) is 0 Å². The van der Waals surface area contributed by atoms with Crippen LogP contribution in [0.15, 0.2) is 60.7 Å².